The highest BCUT2D eigenvalue weighted by atomic mass is 16.3. The topological polar surface area (TPSA) is 83.3 Å². The highest BCUT2D eigenvalue weighted by Gasteiger charge is 2.11. The van der Waals surface area contributed by atoms with Crippen molar-refractivity contribution < 1.29 is 9.21 Å². The summed E-state index contributed by atoms with van der Waals surface area (Å²) in [6.45, 7) is 6.15. The molecule has 0 saturated carbocycles. The molecule has 0 unspecified atom stereocenters. The summed E-state index contributed by atoms with van der Waals surface area (Å²) < 4.78 is 5.23. The molecule has 2 aromatic heterocycles. The Kier molecular flexibility index (Phi) is 5.31. The fourth-order valence-electron chi connectivity index (χ4n) is 2.60. The minimum atomic E-state index is -0.355. The number of nitrogens with zero attached hydrogens (tertiary/aromatic N) is 2. The Balaban J connectivity index is 1.67. The van der Waals surface area contributed by atoms with Crippen LogP contribution in [0.4, 0.5) is 0 Å². The van der Waals surface area contributed by atoms with E-state index in [1.54, 1.807) is 31.4 Å². The van der Waals surface area contributed by atoms with Gasteiger partial charge in [0, 0.05) is 5.56 Å². The molecule has 0 spiro atoms. The minimum Gasteiger partial charge on any atom is -0.463 e. The molecule has 2 N–H and O–H groups in total. The van der Waals surface area contributed by atoms with Crippen molar-refractivity contribution in [2.75, 3.05) is 0 Å². The average Bonchev–Trinajstić information content (AvgIpc) is 3.31. The number of rotatable bonds is 6. The molecule has 1 aromatic carbocycles. The summed E-state index contributed by atoms with van der Waals surface area (Å²) in [7, 11) is 0. The zero-order valence-corrected chi connectivity index (χ0v) is 15.1. The molecular formula is C20H22N4O2. The molecule has 0 bridgehead atoms. The van der Waals surface area contributed by atoms with Gasteiger partial charge in [0.05, 0.1) is 12.0 Å². The fraction of sp³-hybridized carbons (Fsp3) is 0.250. The van der Waals surface area contributed by atoms with Crippen molar-refractivity contribution in [2.24, 2.45) is 11.0 Å². The van der Waals surface area contributed by atoms with Crippen LogP contribution in [0.25, 0.3) is 11.3 Å². The van der Waals surface area contributed by atoms with E-state index in [4.69, 9.17) is 4.42 Å². The van der Waals surface area contributed by atoms with Crippen LogP contribution < -0.4 is 5.43 Å². The summed E-state index contributed by atoms with van der Waals surface area (Å²) in [5.41, 5.74) is 6.41. The Morgan fingerprint density at radius 2 is 2.04 bits per heavy atom. The number of nitrogens with one attached hydrogen (secondary N) is 2. The van der Waals surface area contributed by atoms with Gasteiger partial charge in [0.1, 0.15) is 17.2 Å². The molecule has 26 heavy (non-hydrogen) atoms. The molecule has 1 amide bonds. The monoisotopic (exact) mass is 350 g/mol. The van der Waals surface area contributed by atoms with Crippen LogP contribution in [0.2, 0.25) is 0 Å². The maximum absolute atomic E-state index is 12.2. The van der Waals surface area contributed by atoms with Crippen LogP contribution in [0, 0.1) is 5.92 Å². The van der Waals surface area contributed by atoms with Crippen LogP contribution in [-0.2, 0) is 6.42 Å². The number of carbonyl (C=O) groups is 1. The lowest BCUT2D eigenvalue weighted by atomic mass is 10.0. The van der Waals surface area contributed by atoms with Gasteiger partial charge in [0.2, 0.25) is 0 Å². The standard InChI is InChI=1S/C20H22N4O2/c1-13(2)11-15-6-8-16(9-7-15)17-12-18(23-22-17)20(25)24-21-14(3)19-5-4-10-26-19/h4-10,12-13H,11H2,1-3H3,(H,22,23)(H,24,25)/b21-14+. The second-order valence-corrected chi connectivity index (χ2v) is 6.58. The molecular weight excluding hydrogens is 328 g/mol. The molecule has 0 aliphatic rings. The number of aromatic amines is 1. The number of carbonyl (C=O) groups excluding carboxylic acids is 1. The van der Waals surface area contributed by atoms with Crippen molar-refractivity contribution in [3.05, 3.63) is 65.7 Å². The van der Waals surface area contributed by atoms with Gasteiger partial charge in [-0.15, -0.1) is 0 Å². The molecule has 3 rings (SSSR count). The summed E-state index contributed by atoms with van der Waals surface area (Å²) in [6.07, 6.45) is 2.60. The zero-order valence-electron chi connectivity index (χ0n) is 15.1. The summed E-state index contributed by atoms with van der Waals surface area (Å²) in [4.78, 5) is 12.2. The number of furan rings is 1. The summed E-state index contributed by atoms with van der Waals surface area (Å²) in [5.74, 6) is 0.870. The maximum Gasteiger partial charge on any atom is 0.289 e. The first-order chi connectivity index (χ1) is 12.5. The molecule has 0 atom stereocenters. The maximum atomic E-state index is 12.2. The third kappa shape index (κ3) is 4.27. The van der Waals surface area contributed by atoms with Crippen molar-refractivity contribution in [3.8, 4) is 11.3 Å². The first-order valence-electron chi connectivity index (χ1n) is 8.56. The third-order valence-electron chi connectivity index (χ3n) is 3.92. The van der Waals surface area contributed by atoms with Crippen molar-refractivity contribution in [3.63, 3.8) is 0 Å². The summed E-state index contributed by atoms with van der Waals surface area (Å²) >= 11 is 0. The van der Waals surface area contributed by atoms with E-state index in [-0.39, 0.29) is 5.91 Å². The van der Waals surface area contributed by atoms with Gasteiger partial charge in [0.15, 0.2) is 0 Å². The first kappa shape index (κ1) is 17.7. The van der Waals surface area contributed by atoms with E-state index in [9.17, 15) is 4.79 Å². The van der Waals surface area contributed by atoms with Crippen molar-refractivity contribution in [2.45, 2.75) is 27.2 Å². The van der Waals surface area contributed by atoms with E-state index in [0.717, 1.165) is 17.7 Å². The normalized spacial score (nSPS) is 11.8. The van der Waals surface area contributed by atoms with Gasteiger partial charge in [-0.1, -0.05) is 38.1 Å². The Labute approximate surface area is 152 Å². The molecule has 0 saturated heterocycles. The average molecular weight is 350 g/mol. The number of hydrogen-bond donors (Lipinski definition) is 2. The number of benzene rings is 1. The van der Waals surface area contributed by atoms with E-state index >= 15 is 0 Å². The second-order valence-electron chi connectivity index (χ2n) is 6.58. The lowest BCUT2D eigenvalue weighted by molar-refractivity contribution is 0.0950. The van der Waals surface area contributed by atoms with Crippen LogP contribution in [0.1, 0.15) is 42.6 Å². The van der Waals surface area contributed by atoms with E-state index < -0.39 is 0 Å². The van der Waals surface area contributed by atoms with Gasteiger partial charge in [-0.2, -0.15) is 10.2 Å². The highest BCUT2D eigenvalue weighted by molar-refractivity contribution is 5.98. The Morgan fingerprint density at radius 1 is 1.27 bits per heavy atom. The Bertz CT molecular complexity index is 890. The van der Waals surface area contributed by atoms with Crippen molar-refractivity contribution >= 4 is 11.6 Å². The molecule has 134 valence electrons. The molecule has 2 heterocycles. The van der Waals surface area contributed by atoms with Gasteiger partial charge >= 0.3 is 0 Å². The molecule has 0 radical (unpaired) electrons. The zero-order chi connectivity index (χ0) is 18.5. The van der Waals surface area contributed by atoms with Gasteiger partial charge in [-0.05, 0) is 43.0 Å². The Hall–Kier alpha value is -3.15. The molecule has 0 aliphatic carbocycles. The predicted molar refractivity (Wildman–Crippen MR) is 101 cm³/mol. The lowest BCUT2D eigenvalue weighted by Gasteiger charge is -2.05. The molecule has 3 aromatic rings. The number of hydrogen-bond acceptors (Lipinski definition) is 4. The second kappa shape index (κ2) is 7.82. The number of hydrazone groups is 1. The molecule has 0 aliphatic heterocycles. The van der Waals surface area contributed by atoms with Gasteiger partial charge in [0.25, 0.3) is 5.91 Å². The summed E-state index contributed by atoms with van der Waals surface area (Å²) in [5, 5.41) is 11.0. The smallest absolute Gasteiger partial charge is 0.289 e. The van der Waals surface area contributed by atoms with Gasteiger partial charge in [-0.25, -0.2) is 5.43 Å². The number of amides is 1. The Morgan fingerprint density at radius 3 is 2.69 bits per heavy atom. The SMILES string of the molecule is C/C(=N\NC(=O)c1cc(-c2ccc(CC(C)C)cc2)n[nH]1)c1ccco1. The van der Waals surface area contributed by atoms with E-state index in [1.807, 2.05) is 12.1 Å². The highest BCUT2D eigenvalue weighted by Crippen LogP contribution is 2.19. The van der Waals surface area contributed by atoms with Gasteiger partial charge in [-0.3, -0.25) is 9.89 Å². The largest absolute Gasteiger partial charge is 0.463 e. The minimum absolute atomic E-state index is 0.349. The molecule has 0 fully saturated rings. The van der Waals surface area contributed by atoms with Crippen molar-refractivity contribution in [1.82, 2.24) is 15.6 Å². The predicted octanol–water partition coefficient (Wildman–Crippen LogP) is 4.02. The number of aromatic nitrogens is 2. The van der Waals surface area contributed by atoms with Crippen LogP contribution in [-0.4, -0.2) is 21.8 Å². The van der Waals surface area contributed by atoms with Crippen molar-refractivity contribution in [1.29, 1.82) is 0 Å². The molecule has 6 heteroatoms. The first-order valence-corrected chi connectivity index (χ1v) is 8.56. The van der Waals surface area contributed by atoms with E-state index in [0.29, 0.717) is 23.1 Å². The van der Waals surface area contributed by atoms with Crippen LogP contribution >= 0.6 is 0 Å². The quantitative estimate of drug-likeness (QED) is 0.520. The number of H-pyrrole nitrogens is 1. The summed E-state index contributed by atoms with van der Waals surface area (Å²) in [6, 6.07) is 13.5. The molecule has 6 nitrogen and oxygen atoms in total. The fourth-order valence-corrected chi connectivity index (χ4v) is 2.60. The van der Waals surface area contributed by atoms with Crippen LogP contribution in [0.3, 0.4) is 0 Å². The van der Waals surface area contributed by atoms with E-state index in [1.165, 1.54) is 5.56 Å². The van der Waals surface area contributed by atoms with Crippen LogP contribution in [0.15, 0.2) is 58.2 Å². The third-order valence-corrected chi connectivity index (χ3v) is 3.92. The van der Waals surface area contributed by atoms with E-state index in [2.05, 4.69) is 46.7 Å². The lowest BCUT2D eigenvalue weighted by Crippen LogP contribution is -2.19. The van der Waals surface area contributed by atoms with Gasteiger partial charge < -0.3 is 4.42 Å². The van der Waals surface area contributed by atoms with Crippen LogP contribution in [0.5, 0.6) is 0 Å².